The fraction of sp³-hybridized carbons (Fsp3) is 0.200. The number of rotatable bonds is 2. The van der Waals surface area contributed by atoms with Crippen LogP contribution in [-0.4, -0.2) is 6.54 Å². The van der Waals surface area contributed by atoms with Crippen molar-refractivity contribution in [3.8, 4) is 11.8 Å². The van der Waals surface area contributed by atoms with Crippen molar-refractivity contribution in [3.05, 3.63) is 44.2 Å². The molecule has 0 saturated heterocycles. The Bertz CT molecular complexity index is 476. The highest BCUT2D eigenvalue weighted by Gasteiger charge is 2.06. The molecule has 1 aromatic carbocycles. The van der Waals surface area contributed by atoms with Crippen molar-refractivity contribution < 1.29 is 8.78 Å². The predicted octanol–water partition coefficient (Wildman–Crippen LogP) is 3.78. The zero-order valence-corrected chi connectivity index (χ0v) is 9.63. The average Bonchev–Trinajstić information content (AvgIpc) is 2.20. The maximum Gasteiger partial charge on any atom is 0.142 e. The van der Waals surface area contributed by atoms with E-state index in [1.165, 1.54) is 0 Å². The van der Waals surface area contributed by atoms with Gasteiger partial charge in [0.05, 0.1) is 5.56 Å². The maximum atomic E-state index is 13.2. The lowest BCUT2D eigenvalue weighted by molar-refractivity contribution is 0.579. The molecule has 16 heavy (non-hydrogen) atoms. The number of nitrogens with zero attached hydrogens (tertiary/aromatic N) is 3. The number of hydrogen-bond acceptors (Lipinski definition) is 1. The van der Waals surface area contributed by atoms with Gasteiger partial charge in [0.15, 0.2) is 0 Å². The Morgan fingerprint density at radius 2 is 2.19 bits per heavy atom. The van der Waals surface area contributed by atoms with Gasteiger partial charge in [0.1, 0.15) is 11.6 Å². The fourth-order valence-electron chi connectivity index (χ4n) is 0.963. The lowest BCUT2D eigenvalue weighted by atomic mass is 10.2. The summed E-state index contributed by atoms with van der Waals surface area (Å²) < 4.78 is 26.2. The minimum atomic E-state index is -0.719. The Morgan fingerprint density at radius 1 is 1.44 bits per heavy atom. The van der Waals surface area contributed by atoms with Gasteiger partial charge in [-0.3, -0.25) is 0 Å². The summed E-state index contributed by atoms with van der Waals surface area (Å²) in [5, 5.41) is 3.27. The largest absolute Gasteiger partial charge is 0.207 e. The summed E-state index contributed by atoms with van der Waals surface area (Å²) >= 11 is 3.02. The van der Waals surface area contributed by atoms with E-state index < -0.39 is 11.6 Å². The molecule has 0 spiro atoms. The van der Waals surface area contributed by atoms with E-state index in [2.05, 4.69) is 37.8 Å². The monoisotopic (exact) mass is 285 g/mol. The Kier molecular flexibility index (Phi) is 4.77. The number of hydrogen-bond donors (Lipinski definition) is 0. The second-order valence-corrected chi connectivity index (χ2v) is 3.61. The Morgan fingerprint density at radius 3 is 2.81 bits per heavy atom. The van der Waals surface area contributed by atoms with Crippen LogP contribution in [0.2, 0.25) is 0 Å². The summed E-state index contributed by atoms with van der Waals surface area (Å²) in [6, 6.07) is 1.91. The molecule has 0 unspecified atom stereocenters. The molecule has 3 nitrogen and oxygen atoms in total. The highest BCUT2D eigenvalue weighted by atomic mass is 79.9. The Labute approximate surface area is 99.2 Å². The van der Waals surface area contributed by atoms with Crippen molar-refractivity contribution in [2.75, 3.05) is 6.54 Å². The van der Waals surface area contributed by atoms with Gasteiger partial charge in [0, 0.05) is 28.4 Å². The molecule has 1 aromatic rings. The van der Waals surface area contributed by atoms with E-state index in [4.69, 9.17) is 5.53 Å². The SMILES string of the molecule is [N-]=[N+]=NCCC#Cc1c(F)cc(F)cc1Br. The summed E-state index contributed by atoms with van der Waals surface area (Å²) in [6.07, 6.45) is 0.327. The van der Waals surface area contributed by atoms with Crippen molar-refractivity contribution in [3.63, 3.8) is 0 Å². The summed E-state index contributed by atoms with van der Waals surface area (Å²) in [5.41, 5.74) is 8.10. The van der Waals surface area contributed by atoms with Crippen LogP contribution in [-0.2, 0) is 0 Å². The molecule has 0 saturated carbocycles. The molecule has 0 bridgehead atoms. The average molecular weight is 286 g/mol. The molecule has 0 aliphatic heterocycles. The summed E-state index contributed by atoms with van der Waals surface area (Å²) in [6.45, 7) is 0.226. The van der Waals surface area contributed by atoms with Gasteiger partial charge in [-0.05, 0) is 27.5 Å². The van der Waals surface area contributed by atoms with Crippen molar-refractivity contribution in [2.24, 2.45) is 5.11 Å². The van der Waals surface area contributed by atoms with E-state index in [-0.39, 0.29) is 16.6 Å². The zero-order valence-electron chi connectivity index (χ0n) is 8.04. The highest BCUT2D eigenvalue weighted by Crippen LogP contribution is 2.20. The van der Waals surface area contributed by atoms with Crippen LogP contribution in [0.1, 0.15) is 12.0 Å². The third-order valence-corrected chi connectivity index (χ3v) is 2.25. The molecule has 0 amide bonds. The van der Waals surface area contributed by atoms with E-state index in [9.17, 15) is 8.78 Å². The lowest BCUT2D eigenvalue weighted by Gasteiger charge is -1.98. The van der Waals surface area contributed by atoms with Crippen molar-refractivity contribution in [1.82, 2.24) is 0 Å². The van der Waals surface area contributed by atoms with Gasteiger partial charge in [-0.15, -0.1) is 0 Å². The van der Waals surface area contributed by atoms with Gasteiger partial charge in [0.2, 0.25) is 0 Å². The topological polar surface area (TPSA) is 48.8 Å². The van der Waals surface area contributed by atoms with Crippen LogP contribution in [0.15, 0.2) is 21.7 Å². The molecule has 0 atom stereocenters. The van der Waals surface area contributed by atoms with E-state index in [0.29, 0.717) is 6.42 Å². The predicted molar refractivity (Wildman–Crippen MR) is 59.6 cm³/mol. The third kappa shape index (κ3) is 3.54. The Balaban J connectivity index is 2.84. The van der Waals surface area contributed by atoms with Crippen molar-refractivity contribution in [1.29, 1.82) is 0 Å². The minimum Gasteiger partial charge on any atom is -0.207 e. The first-order chi connectivity index (χ1) is 7.65. The van der Waals surface area contributed by atoms with Crippen LogP contribution in [0.4, 0.5) is 8.78 Å². The molecule has 82 valence electrons. The quantitative estimate of drug-likeness (QED) is 0.261. The first kappa shape index (κ1) is 12.5. The molecule has 0 N–H and O–H groups in total. The molecule has 0 aromatic heterocycles. The Hall–Kier alpha value is -1.57. The molecular weight excluding hydrogens is 280 g/mol. The minimum absolute atomic E-state index is 0.0994. The molecule has 6 heteroatoms. The molecule has 0 radical (unpaired) electrons. The number of benzene rings is 1. The van der Waals surface area contributed by atoms with Gasteiger partial charge in [-0.1, -0.05) is 17.0 Å². The molecular formula is C10H6BrF2N3. The van der Waals surface area contributed by atoms with Crippen LogP contribution in [0, 0.1) is 23.5 Å². The standard InChI is InChI=1S/C10H6BrF2N3/c11-9-5-7(12)6-10(13)8(9)3-1-2-4-15-16-14/h5-6H,2,4H2. The van der Waals surface area contributed by atoms with Crippen LogP contribution in [0.25, 0.3) is 10.4 Å². The van der Waals surface area contributed by atoms with Crippen LogP contribution >= 0.6 is 15.9 Å². The fourth-order valence-corrected chi connectivity index (χ4v) is 1.47. The number of azide groups is 1. The van der Waals surface area contributed by atoms with E-state index >= 15 is 0 Å². The second kappa shape index (κ2) is 6.11. The van der Waals surface area contributed by atoms with Crippen LogP contribution in [0.3, 0.4) is 0 Å². The van der Waals surface area contributed by atoms with Gasteiger partial charge in [0.25, 0.3) is 0 Å². The summed E-state index contributed by atoms with van der Waals surface area (Å²) in [7, 11) is 0. The van der Waals surface area contributed by atoms with E-state index in [1.807, 2.05) is 0 Å². The van der Waals surface area contributed by atoms with Gasteiger partial charge >= 0.3 is 0 Å². The number of halogens is 3. The lowest BCUT2D eigenvalue weighted by Crippen LogP contribution is -1.88. The normalized spacial score (nSPS) is 8.94. The first-order valence-corrected chi connectivity index (χ1v) is 5.08. The van der Waals surface area contributed by atoms with E-state index in [0.717, 1.165) is 12.1 Å². The second-order valence-electron chi connectivity index (χ2n) is 2.75. The summed E-state index contributed by atoms with van der Waals surface area (Å²) in [4.78, 5) is 2.55. The molecule has 0 aliphatic rings. The maximum absolute atomic E-state index is 13.2. The molecule has 0 heterocycles. The molecule has 1 rings (SSSR count). The van der Waals surface area contributed by atoms with Gasteiger partial charge in [-0.25, -0.2) is 8.78 Å². The molecule has 0 aliphatic carbocycles. The third-order valence-electron chi connectivity index (χ3n) is 1.62. The molecule has 0 fully saturated rings. The summed E-state index contributed by atoms with van der Waals surface area (Å²) in [5.74, 6) is 3.79. The van der Waals surface area contributed by atoms with Gasteiger partial charge in [-0.2, -0.15) is 0 Å². The first-order valence-electron chi connectivity index (χ1n) is 4.29. The smallest absolute Gasteiger partial charge is 0.142 e. The van der Waals surface area contributed by atoms with Crippen LogP contribution in [0.5, 0.6) is 0 Å². The van der Waals surface area contributed by atoms with Crippen molar-refractivity contribution >= 4 is 15.9 Å². The zero-order chi connectivity index (χ0) is 12.0. The van der Waals surface area contributed by atoms with E-state index in [1.54, 1.807) is 0 Å². The van der Waals surface area contributed by atoms with Gasteiger partial charge < -0.3 is 0 Å². The van der Waals surface area contributed by atoms with Crippen LogP contribution < -0.4 is 0 Å². The van der Waals surface area contributed by atoms with Crippen molar-refractivity contribution in [2.45, 2.75) is 6.42 Å². The highest BCUT2D eigenvalue weighted by molar-refractivity contribution is 9.10.